The Bertz CT molecular complexity index is 983. The van der Waals surface area contributed by atoms with Gasteiger partial charge < -0.3 is 14.9 Å². The number of aliphatic hydroxyl groups is 1. The number of halogens is 1. The minimum Gasteiger partial charge on any atom is -0.503 e. The van der Waals surface area contributed by atoms with Crippen LogP contribution in [0.15, 0.2) is 72.0 Å². The Morgan fingerprint density at radius 3 is 2.47 bits per heavy atom. The van der Waals surface area contributed by atoms with Crippen molar-refractivity contribution in [2.45, 2.75) is 12.5 Å². The molecule has 1 heterocycles. The van der Waals surface area contributed by atoms with E-state index in [0.717, 1.165) is 5.56 Å². The number of allylic oxidation sites excluding steroid dienone is 1. The maximum absolute atomic E-state index is 14.6. The lowest BCUT2D eigenvalue weighted by Gasteiger charge is -2.27. The predicted octanol–water partition coefficient (Wildman–Crippen LogP) is 3.76. The molecule has 1 N–H and O–H groups in total. The summed E-state index contributed by atoms with van der Waals surface area (Å²) in [5.41, 5.74) is 0.902. The summed E-state index contributed by atoms with van der Waals surface area (Å²) >= 11 is 0. The van der Waals surface area contributed by atoms with E-state index < -0.39 is 29.3 Å². The van der Waals surface area contributed by atoms with E-state index in [2.05, 4.69) is 0 Å². The monoisotopic (exact) mass is 408 g/mol. The van der Waals surface area contributed by atoms with Crippen LogP contribution >= 0.6 is 0 Å². The number of hydrogen-bond acceptors (Lipinski definition) is 4. The predicted molar refractivity (Wildman–Crippen MR) is 114 cm³/mol. The van der Waals surface area contributed by atoms with Gasteiger partial charge in [0.25, 0.3) is 5.91 Å². The molecule has 1 aliphatic heterocycles. The zero-order chi connectivity index (χ0) is 21.7. The van der Waals surface area contributed by atoms with Crippen LogP contribution < -0.4 is 0 Å². The molecule has 3 rings (SSSR count). The van der Waals surface area contributed by atoms with Crippen LogP contribution in [0.2, 0.25) is 0 Å². The molecule has 2 aromatic rings. The van der Waals surface area contributed by atoms with Crippen LogP contribution in [0.1, 0.15) is 23.6 Å². The molecule has 30 heavy (non-hydrogen) atoms. The molecule has 0 bridgehead atoms. The van der Waals surface area contributed by atoms with Crippen molar-refractivity contribution in [2.24, 2.45) is 0 Å². The first kappa shape index (κ1) is 21.5. The van der Waals surface area contributed by atoms with Crippen molar-refractivity contribution >= 4 is 17.8 Å². The molecule has 0 saturated heterocycles. The Hall–Kier alpha value is -3.25. The fourth-order valence-electron chi connectivity index (χ4n) is 3.54. The summed E-state index contributed by atoms with van der Waals surface area (Å²) in [6.45, 7) is 1.00. The molecular formula is C24H25FN2O3. The quantitative estimate of drug-likeness (QED) is 0.676. The molecule has 6 heteroatoms. The maximum Gasteiger partial charge on any atom is 0.290 e. The molecule has 0 radical (unpaired) electrons. The molecule has 1 atom stereocenters. The van der Waals surface area contributed by atoms with E-state index in [1.54, 1.807) is 24.3 Å². The molecule has 5 nitrogen and oxygen atoms in total. The SMILES string of the molecule is CN(C)CCCN1C(=O)C(O)=C(C(=O)/C=C/c2ccccc2)C1c1ccccc1F. The smallest absolute Gasteiger partial charge is 0.290 e. The van der Waals surface area contributed by atoms with Gasteiger partial charge in [0.05, 0.1) is 11.6 Å². The number of aliphatic hydroxyl groups excluding tert-OH is 1. The van der Waals surface area contributed by atoms with E-state index in [1.807, 2.05) is 49.3 Å². The molecule has 0 aromatic heterocycles. The van der Waals surface area contributed by atoms with Gasteiger partial charge in [-0.15, -0.1) is 0 Å². The van der Waals surface area contributed by atoms with Crippen molar-refractivity contribution in [3.63, 3.8) is 0 Å². The van der Waals surface area contributed by atoms with E-state index in [4.69, 9.17) is 0 Å². The normalized spacial score (nSPS) is 16.9. The number of nitrogens with zero attached hydrogens (tertiary/aromatic N) is 2. The molecule has 0 aliphatic carbocycles. The van der Waals surface area contributed by atoms with E-state index in [-0.39, 0.29) is 11.1 Å². The van der Waals surface area contributed by atoms with Gasteiger partial charge in [-0.25, -0.2) is 4.39 Å². The highest BCUT2D eigenvalue weighted by Gasteiger charge is 2.43. The van der Waals surface area contributed by atoms with Crippen molar-refractivity contribution in [1.29, 1.82) is 0 Å². The van der Waals surface area contributed by atoms with Crippen molar-refractivity contribution < 1.29 is 19.1 Å². The fraction of sp³-hybridized carbons (Fsp3) is 0.250. The second kappa shape index (κ2) is 9.50. The summed E-state index contributed by atoms with van der Waals surface area (Å²) in [5, 5.41) is 10.5. The van der Waals surface area contributed by atoms with Crippen LogP contribution in [0.4, 0.5) is 4.39 Å². The summed E-state index contributed by atoms with van der Waals surface area (Å²) in [4.78, 5) is 29.1. The lowest BCUT2D eigenvalue weighted by Crippen LogP contribution is -2.33. The number of amides is 1. The minimum absolute atomic E-state index is 0.0952. The highest BCUT2D eigenvalue weighted by Crippen LogP contribution is 2.39. The van der Waals surface area contributed by atoms with E-state index >= 15 is 0 Å². The highest BCUT2D eigenvalue weighted by atomic mass is 19.1. The van der Waals surface area contributed by atoms with Crippen molar-refractivity contribution in [3.8, 4) is 0 Å². The average molecular weight is 408 g/mol. The van der Waals surface area contributed by atoms with Crippen LogP contribution in [-0.2, 0) is 9.59 Å². The number of ketones is 1. The molecule has 156 valence electrons. The fourth-order valence-corrected chi connectivity index (χ4v) is 3.54. The van der Waals surface area contributed by atoms with Gasteiger partial charge in [-0.3, -0.25) is 9.59 Å². The highest BCUT2D eigenvalue weighted by molar-refractivity contribution is 6.14. The number of rotatable bonds is 8. The average Bonchev–Trinajstić information content (AvgIpc) is 2.98. The topological polar surface area (TPSA) is 60.9 Å². The third-order valence-electron chi connectivity index (χ3n) is 5.00. The van der Waals surface area contributed by atoms with Crippen LogP contribution in [0.3, 0.4) is 0 Å². The molecular weight excluding hydrogens is 383 g/mol. The van der Waals surface area contributed by atoms with Crippen LogP contribution in [-0.4, -0.2) is 53.8 Å². The Morgan fingerprint density at radius 2 is 1.80 bits per heavy atom. The molecule has 0 fully saturated rings. The van der Waals surface area contributed by atoms with Crippen LogP contribution in [0.5, 0.6) is 0 Å². The van der Waals surface area contributed by atoms with Crippen molar-refractivity contribution in [2.75, 3.05) is 27.2 Å². The van der Waals surface area contributed by atoms with Gasteiger partial charge >= 0.3 is 0 Å². The van der Waals surface area contributed by atoms with E-state index in [9.17, 15) is 19.1 Å². The minimum atomic E-state index is -0.964. The third kappa shape index (κ3) is 4.66. The first-order valence-electron chi connectivity index (χ1n) is 9.81. The Balaban J connectivity index is 1.96. The zero-order valence-corrected chi connectivity index (χ0v) is 17.1. The molecule has 0 spiro atoms. The van der Waals surface area contributed by atoms with Crippen LogP contribution in [0.25, 0.3) is 6.08 Å². The van der Waals surface area contributed by atoms with Gasteiger partial charge in [0, 0.05) is 12.1 Å². The molecule has 2 aromatic carbocycles. The maximum atomic E-state index is 14.6. The molecule has 1 aliphatic rings. The second-order valence-corrected chi connectivity index (χ2v) is 7.45. The third-order valence-corrected chi connectivity index (χ3v) is 5.00. The van der Waals surface area contributed by atoms with Gasteiger partial charge in [0.1, 0.15) is 5.82 Å². The number of carbonyl (C=O) groups is 2. The molecule has 1 unspecified atom stereocenters. The van der Waals surface area contributed by atoms with Gasteiger partial charge in [-0.1, -0.05) is 54.6 Å². The van der Waals surface area contributed by atoms with Gasteiger partial charge in [-0.05, 0) is 44.8 Å². The summed E-state index contributed by atoms with van der Waals surface area (Å²) < 4.78 is 14.6. The molecule has 1 amide bonds. The van der Waals surface area contributed by atoms with Gasteiger partial charge in [-0.2, -0.15) is 0 Å². The standard InChI is InChI=1S/C24H25FN2O3/c1-26(2)15-8-16-27-22(18-11-6-7-12-19(18)25)21(23(29)24(27)30)20(28)14-13-17-9-4-3-5-10-17/h3-7,9-14,22,29H,8,15-16H2,1-2H3/b14-13+. The number of hydrogen-bond donors (Lipinski definition) is 1. The summed E-state index contributed by atoms with van der Waals surface area (Å²) in [5.74, 6) is -2.32. The summed E-state index contributed by atoms with van der Waals surface area (Å²) in [7, 11) is 3.83. The number of benzene rings is 2. The van der Waals surface area contributed by atoms with Gasteiger partial charge in [0.2, 0.25) is 0 Å². The largest absolute Gasteiger partial charge is 0.503 e. The van der Waals surface area contributed by atoms with E-state index in [1.165, 1.54) is 17.0 Å². The Morgan fingerprint density at radius 1 is 1.13 bits per heavy atom. The molecule has 0 saturated carbocycles. The Labute approximate surface area is 175 Å². The summed E-state index contributed by atoms with van der Waals surface area (Å²) in [6, 6.07) is 14.3. The summed E-state index contributed by atoms with van der Waals surface area (Å²) in [6.07, 6.45) is 3.55. The first-order chi connectivity index (χ1) is 14.4. The van der Waals surface area contributed by atoms with E-state index in [0.29, 0.717) is 19.5 Å². The zero-order valence-electron chi connectivity index (χ0n) is 17.1. The lowest BCUT2D eigenvalue weighted by atomic mass is 9.95. The van der Waals surface area contributed by atoms with Gasteiger partial charge in [0.15, 0.2) is 11.5 Å². The lowest BCUT2D eigenvalue weighted by molar-refractivity contribution is -0.129. The van der Waals surface area contributed by atoms with Crippen molar-refractivity contribution in [1.82, 2.24) is 9.80 Å². The van der Waals surface area contributed by atoms with Crippen LogP contribution in [0, 0.1) is 5.82 Å². The number of carbonyl (C=O) groups excluding carboxylic acids is 2. The Kier molecular flexibility index (Phi) is 6.79. The first-order valence-corrected chi connectivity index (χ1v) is 9.81. The second-order valence-electron chi connectivity index (χ2n) is 7.45. The van der Waals surface area contributed by atoms with Crippen molar-refractivity contribution in [3.05, 3.63) is 88.9 Å².